The van der Waals surface area contributed by atoms with E-state index in [1.54, 1.807) is 18.2 Å². The largest absolute Gasteiger partial charge is 0.423 e. The molecule has 2 nitrogen and oxygen atoms in total. The first-order valence-corrected chi connectivity index (χ1v) is 5.96. The van der Waals surface area contributed by atoms with E-state index in [9.17, 15) is 4.79 Å². The molecule has 0 atom stereocenters. The summed E-state index contributed by atoms with van der Waals surface area (Å²) in [4.78, 5) is 11.7. The normalized spacial score (nSPS) is 10.3. The number of carbonyl (C=O) groups is 1. The molecule has 0 aliphatic carbocycles. The number of hydrogen-bond donors (Lipinski definition) is 0. The summed E-state index contributed by atoms with van der Waals surface area (Å²) in [6.07, 6.45) is 4.79. The van der Waals surface area contributed by atoms with Crippen molar-refractivity contribution in [2.45, 2.75) is 0 Å². The Kier molecular flexibility index (Phi) is 4.29. The Morgan fingerprint density at radius 3 is 2.42 bits per heavy atom. The van der Waals surface area contributed by atoms with Crippen molar-refractivity contribution in [2.24, 2.45) is 0 Å². The summed E-state index contributed by atoms with van der Waals surface area (Å²) >= 11 is 0. The summed E-state index contributed by atoms with van der Waals surface area (Å²) in [5.74, 6) is 0.110. The molecule has 0 saturated carbocycles. The molecule has 0 radical (unpaired) electrons. The fraction of sp³-hybridized carbons (Fsp3) is 0. The Morgan fingerprint density at radius 2 is 1.68 bits per heavy atom. The van der Waals surface area contributed by atoms with Crippen molar-refractivity contribution in [3.8, 4) is 5.75 Å². The second-order valence-corrected chi connectivity index (χ2v) is 3.91. The van der Waals surface area contributed by atoms with Crippen LogP contribution in [-0.2, 0) is 4.79 Å². The minimum Gasteiger partial charge on any atom is -0.423 e. The molecule has 0 amide bonds. The van der Waals surface area contributed by atoms with Crippen molar-refractivity contribution in [3.63, 3.8) is 0 Å². The van der Waals surface area contributed by atoms with Gasteiger partial charge in [-0.05, 0) is 17.7 Å². The van der Waals surface area contributed by atoms with Gasteiger partial charge in [-0.1, -0.05) is 61.2 Å². The molecule has 2 heteroatoms. The third-order valence-electron chi connectivity index (χ3n) is 2.56. The van der Waals surface area contributed by atoms with Crippen molar-refractivity contribution in [1.29, 1.82) is 0 Å². The maximum Gasteiger partial charge on any atom is 0.336 e. The van der Waals surface area contributed by atoms with E-state index in [1.165, 1.54) is 6.08 Å². The van der Waals surface area contributed by atoms with Crippen molar-refractivity contribution in [3.05, 3.63) is 78.4 Å². The van der Waals surface area contributed by atoms with E-state index in [1.807, 2.05) is 48.5 Å². The molecule has 0 fully saturated rings. The van der Waals surface area contributed by atoms with Crippen LogP contribution in [0.25, 0.3) is 12.2 Å². The lowest BCUT2D eigenvalue weighted by Gasteiger charge is -2.04. The smallest absolute Gasteiger partial charge is 0.336 e. The van der Waals surface area contributed by atoms with Gasteiger partial charge in [0.05, 0.1) is 0 Å². The van der Waals surface area contributed by atoms with Crippen LogP contribution < -0.4 is 4.74 Å². The van der Waals surface area contributed by atoms with Crippen molar-refractivity contribution in [1.82, 2.24) is 0 Å². The molecule has 0 N–H and O–H groups in total. The molecular weight excluding hydrogens is 236 g/mol. The van der Waals surface area contributed by atoms with Gasteiger partial charge in [-0.15, -0.1) is 0 Å². The van der Waals surface area contributed by atoms with Crippen LogP contribution in [0.1, 0.15) is 11.1 Å². The molecule has 19 heavy (non-hydrogen) atoms. The lowest BCUT2D eigenvalue weighted by Crippen LogP contribution is -2.04. The number of hydrogen-bond acceptors (Lipinski definition) is 2. The molecule has 0 saturated heterocycles. The van der Waals surface area contributed by atoms with Gasteiger partial charge in [-0.3, -0.25) is 0 Å². The van der Waals surface area contributed by atoms with E-state index in [4.69, 9.17) is 4.74 Å². The number of ether oxygens (including phenoxy) is 1. The van der Waals surface area contributed by atoms with Gasteiger partial charge in [0.15, 0.2) is 0 Å². The highest BCUT2D eigenvalue weighted by Crippen LogP contribution is 2.19. The number of carbonyl (C=O) groups excluding carboxylic acids is 1. The van der Waals surface area contributed by atoms with Gasteiger partial charge in [0, 0.05) is 11.6 Å². The summed E-state index contributed by atoms with van der Waals surface area (Å²) in [7, 11) is 0. The van der Waals surface area contributed by atoms with Gasteiger partial charge in [0.1, 0.15) is 5.75 Å². The molecule has 2 rings (SSSR count). The van der Waals surface area contributed by atoms with Crippen LogP contribution in [0.2, 0.25) is 0 Å². The zero-order valence-corrected chi connectivity index (χ0v) is 10.5. The molecule has 0 aliphatic rings. The van der Waals surface area contributed by atoms with Crippen molar-refractivity contribution in [2.75, 3.05) is 0 Å². The zero-order chi connectivity index (χ0) is 13.5. The van der Waals surface area contributed by atoms with E-state index >= 15 is 0 Å². The second kappa shape index (κ2) is 6.36. The molecule has 2 aromatic rings. The SMILES string of the molecule is C=Cc1ccccc1OC(=O)C=Cc1ccccc1. The summed E-state index contributed by atoms with van der Waals surface area (Å²) in [6, 6.07) is 16.9. The van der Waals surface area contributed by atoms with Crippen LogP contribution in [0, 0.1) is 0 Å². The van der Waals surface area contributed by atoms with E-state index < -0.39 is 5.97 Å². The molecular formula is C17H14O2. The maximum atomic E-state index is 11.7. The van der Waals surface area contributed by atoms with Crippen LogP contribution in [0.4, 0.5) is 0 Å². The molecule has 0 aromatic heterocycles. The third kappa shape index (κ3) is 3.68. The quantitative estimate of drug-likeness (QED) is 0.466. The maximum absolute atomic E-state index is 11.7. The minimum absolute atomic E-state index is 0.404. The van der Waals surface area contributed by atoms with Gasteiger partial charge < -0.3 is 4.74 Å². The average molecular weight is 250 g/mol. The Morgan fingerprint density at radius 1 is 1.00 bits per heavy atom. The first-order valence-electron chi connectivity index (χ1n) is 5.96. The first-order chi connectivity index (χ1) is 9.29. The molecule has 0 heterocycles. The zero-order valence-electron chi connectivity index (χ0n) is 10.5. The summed E-state index contributed by atoms with van der Waals surface area (Å²) in [5, 5.41) is 0. The Hall–Kier alpha value is -2.61. The van der Waals surface area contributed by atoms with Crippen LogP contribution in [0.3, 0.4) is 0 Å². The second-order valence-electron chi connectivity index (χ2n) is 3.91. The van der Waals surface area contributed by atoms with Gasteiger partial charge in [-0.2, -0.15) is 0 Å². The number of para-hydroxylation sites is 1. The summed E-state index contributed by atoms with van der Waals surface area (Å²) in [6.45, 7) is 3.68. The van der Waals surface area contributed by atoms with E-state index in [2.05, 4.69) is 6.58 Å². The van der Waals surface area contributed by atoms with Crippen LogP contribution in [0.15, 0.2) is 67.3 Å². The van der Waals surface area contributed by atoms with Crippen LogP contribution >= 0.6 is 0 Å². The first kappa shape index (κ1) is 12.8. The Balaban J connectivity index is 2.06. The van der Waals surface area contributed by atoms with E-state index in [0.29, 0.717) is 5.75 Å². The highest BCUT2D eigenvalue weighted by Gasteiger charge is 2.03. The fourth-order valence-corrected chi connectivity index (χ4v) is 1.61. The van der Waals surface area contributed by atoms with E-state index in [0.717, 1.165) is 11.1 Å². The topological polar surface area (TPSA) is 26.3 Å². The lowest BCUT2D eigenvalue weighted by atomic mass is 10.2. The van der Waals surface area contributed by atoms with Crippen LogP contribution in [0.5, 0.6) is 5.75 Å². The monoisotopic (exact) mass is 250 g/mol. The molecule has 94 valence electrons. The van der Waals surface area contributed by atoms with Crippen molar-refractivity contribution >= 4 is 18.1 Å². The lowest BCUT2D eigenvalue weighted by molar-refractivity contribution is -0.128. The number of esters is 1. The number of benzene rings is 2. The Labute approximate surface area is 112 Å². The molecule has 0 spiro atoms. The van der Waals surface area contributed by atoms with Gasteiger partial charge in [0.2, 0.25) is 0 Å². The Bertz CT molecular complexity index is 598. The summed E-state index contributed by atoms with van der Waals surface area (Å²) < 4.78 is 5.26. The predicted molar refractivity (Wildman–Crippen MR) is 77.6 cm³/mol. The number of rotatable bonds is 4. The molecule has 0 bridgehead atoms. The van der Waals surface area contributed by atoms with Gasteiger partial charge in [0.25, 0.3) is 0 Å². The van der Waals surface area contributed by atoms with Crippen LogP contribution in [-0.4, -0.2) is 5.97 Å². The average Bonchev–Trinajstić information content (AvgIpc) is 2.47. The minimum atomic E-state index is -0.404. The highest BCUT2D eigenvalue weighted by atomic mass is 16.5. The van der Waals surface area contributed by atoms with Gasteiger partial charge in [-0.25, -0.2) is 4.79 Å². The van der Waals surface area contributed by atoms with Crippen molar-refractivity contribution < 1.29 is 9.53 Å². The molecule has 2 aromatic carbocycles. The standard InChI is InChI=1S/C17H14O2/c1-2-15-10-6-7-11-16(15)19-17(18)13-12-14-8-4-3-5-9-14/h2-13H,1H2. The van der Waals surface area contributed by atoms with Gasteiger partial charge >= 0.3 is 5.97 Å². The fourth-order valence-electron chi connectivity index (χ4n) is 1.61. The van der Waals surface area contributed by atoms with E-state index in [-0.39, 0.29) is 0 Å². The third-order valence-corrected chi connectivity index (χ3v) is 2.56. The molecule has 0 unspecified atom stereocenters. The summed E-state index contributed by atoms with van der Waals surface area (Å²) in [5.41, 5.74) is 1.75. The molecule has 0 aliphatic heterocycles. The highest BCUT2D eigenvalue weighted by molar-refractivity contribution is 5.89. The predicted octanol–water partition coefficient (Wildman–Crippen LogP) is 3.95.